The third-order valence-electron chi connectivity index (χ3n) is 6.22. The Bertz CT molecular complexity index is 1260. The van der Waals surface area contributed by atoms with Gasteiger partial charge in [0.05, 0.1) is 5.56 Å². The van der Waals surface area contributed by atoms with Crippen LogP contribution in [-0.2, 0) is 0 Å². The highest BCUT2D eigenvalue weighted by Crippen LogP contribution is 2.49. The molecule has 0 radical (unpaired) electrons. The van der Waals surface area contributed by atoms with E-state index in [1.165, 1.54) is 0 Å². The minimum Gasteiger partial charge on any atom is -0.468 e. The van der Waals surface area contributed by atoms with Crippen molar-refractivity contribution in [3.63, 3.8) is 0 Å². The fourth-order valence-electron chi connectivity index (χ4n) is 4.95. The first-order valence-electron chi connectivity index (χ1n) is 11.2. The molecule has 0 bridgehead atoms. The highest BCUT2D eigenvalue weighted by atomic mass is 35.5. The lowest BCUT2D eigenvalue weighted by Gasteiger charge is -2.50. The molecule has 1 spiro atoms. The molecule has 7 heteroatoms. The number of hydrogen-bond donors (Lipinski definition) is 2. The topological polar surface area (TPSA) is 59.6 Å². The maximum absolute atomic E-state index is 12.6. The molecular weight excluding hydrogens is 468 g/mol. The van der Waals surface area contributed by atoms with Gasteiger partial charge in [0.15, 0.2) is 10.8 Å². The lowest BCUT2D eigenvalue weighted by Crippen LogP contribution is -2.69. The average Bonchev–Trinajstić information content (AvgIpc) is 2.77. The highest BCUT2D eigenvalue weighted by molar-refractivity contribution is 7.80. The van der Waals surface area contributed by atoms with E-state index in [-0.39, 0.29) is 11.5 Å². The molecule has 2 aliphatic rings. The number of carbonyl (C=O) groups excluding carboxylic acids is 1. The lowest BCUT2D eigenvalue weighted by atomic mass is 9.77. The van der Waals surface area contributed by atoms with Gasteiger partial charge < -0.3 is 20.1 Å². The van der Waals surface area contributed by atoms with Crippen LogP contribution in [0.25, 0.3) is 0 Å². The molecule has 1 fully saturated rings. The van der Waals surface area contributed by atoms with Crippen LogP contribution >= 0.6 is 23.8 Å². The van der Waals surface area contributed by atoms with Crippen LogP contribution in [0.5, 0.6) is 11.5 Å². The summed E-state index contributed by atoms with van der Waals surface area (Å²) in [5, 5.41) is 7.94. The van der Waals surface area contributed by atoms with E-state index in [9.17, 15) is 4.79 Å². The highest BCUT2D eigenvalue weighted by Gasteiger charge is 2.49. The van der Waals surface area contributed by atoms with Crippen LogP contribution in [0, 0.1) is 0 Å². The zero-order valence-corrected chi connectivity index (χ0v) is 20.5. The molecule has 3 aromatic rings. The number of ether oxygens (including phenoxy) is 2. The van der Waals surface area contributed by atoms with E-state index < -0.39 is 11.7 Å². The van der Waals surface area contributed by atoms with Gasteiger partial charge in [0.2, 0.25) is 0 Å². The maximum atomic E-state index is 12.6. The van der Waals surface area contributed by atoms with Gasteiger partial charge >= 0.3 is 5.97 Å². The van der Waals surface area contributed by atoms with Crippen LogP contribution in [0.15, 0.2) is 72.8 Å². The number of hydrogen-bond acceptors (Lipinski definition) is 4. The summed E-state index contributed by atoms with van der Waals surface area (Å²) >= 11 is 12.2. The minimum atomic E-state index is -0.731. The van der Waals surface area contributed by atoms with Crippen molar-refractivity contribution in [2.45, 2.75) is 43.9 Å². The van der Waals surface area contributed by atoms with E-state index in [1.54, 1.807) is 36.4 Å². The molecule has 174 valence electrons. The largest absolute Gasteiger partial charge is 0.468 e. The molecular formula is C27H25ClN2O3S. The molecule has 3 aromatic carbocycles. The quantitative estimate of drug-likeness (QED) is 0.273. The molecule has 5 rings (SSSR count). The molecule has 1 saturated heterocycles. The minimum absolute atomic E-state index is 0.0273. The van der Waals surface area contributed by atoms with E-state index in [0.717, 1.165) is 11.1 Å². The Hall–Kier alpha value is -3.09. The molecule has 0 aliphatic carbocycles. The van der Waals surface area contributed by atoms with Gasteiger partial charge in [-0.1, -0.05) is 54.1 Å². The summed E-state index contributed by atoms with van der Waals surface area (Å²) in [7, 11) is 0. The van der Waals surface area contributed by atoms with Crippen LogP contribution in [0.1, 0.15) is 54.1 Å². The fourth-order valence-corrected chi connectivity index (χ4v) is 5.68. The van der Waals surface area contributed by atoms with Crippen LogP contribution in [0.2, 0.25) is 5.02 Å². The fraction of sp³-hybridized carbons (Fsp3) is 0.259. The summed E-state index contributed by atoms with van der Waals surface area (Å²) in [6.45, 7) is 4.20. The van der Waals surface area contributed by atoms with Crippen LogP contribution < -0.4 is 20.1 Å². The van der Waals surface area contributed by atoms with Crippen molar-refractivity contribution in [2.75, 3.05) is 0 Å². The Kier molecular flexibility index (Phi) is 5.74. The molecule has 34 heavy (non-hydrogen) atoms. The Morgan fingerprint density at radius 1 is 1.03 bits per heavy atom. The second-order valence-corrected chi connectivity index (χ2v) is 10.3. The van der Waals surface area contributed by atoms with Gasteiger partial charge in [0, 0.05) is 41.0 Å². The van der Waals surface area contributed by atoms with E-state index in [0.29, 0.717) is 40.0 Å². The third-order valence-corrected chi connectivity index (χ3v) is 6.77. The summed E-state index contributed by atoms with van der Waals surface area (Å²) in [6, 6.07) is 22.3. The van der Waals surface area contributed by atoms with Gasteiger partial charge in [-0.3, -0.25) is 0 Å². The second kappa shape index (κ2) is 8.60. The Balaban J connectivity index is 1.55. The summed E-state index contributed by atoms with van der Waals surface area (Å²) in [6.07, 6.45) is 1.33. The van der Waals surface area contributed by atoms with Crippen LogP contribution in [0.3, 0.4) is 0 Å². The first-order valence-corrected chi connectivity index (χ1v) is 12.0. The average molecular weight is 493 g/mol. The van der Waals surface area contributed by atoms with Crippen molar-refractivity contribution in [3.8, 4) is 11.5 Å². The number of fused-ring (bicyclic) bond motifs is 1. The number of nitrogens with one attached hydrogen (secondary N) is 2. The van der Waals surface area contributed by atoms with Crippen LogP contribution in [0.4, 0.5) is 0 Å². The summed E-state index contributed by atoms with van der Waals surface area (Å²) in [5.41, 5.74) is 1.50. The number of esters is 1. The summed E-state index contributed by atoms with van der Waals surface area (Å²) < 4.78 is 12.3. The van der Waals surface area contributed by atoms with Gasteiger partial charge in [-0.15, -0.1) is 0 Å². The third kappa shape index (κ3) is 4.48. The maximum Gasteiger partial charge on any atom is 0.343 e. The summed E-state index contributed by atoms with van der Waals surface area (Å²) in [5.74, 6) is 0.609. The van der Waals surface area contributed by atoms with Crippen molar-refractivity contribution in [3.05, 3.63) is 94.5 Å². The number of halogens is 1. The van der Waals surface area contributed by atoms with Crippen molar-refractivity contribution in [1.29, 1.82) is 0 Å². The Labute approximate surface area is 209 Å². The second-order valence-electron chi connectivity index (χ2n) is 9.47. The predicted molar refractivity (Wildman–Crippen MR) is 137 cm³/mol. The lowest BCUT2D eigenvalue weighted by molar-refractivity contribution is -0.0128. The van der Waals surface area contributed by atoms with Crippen molar-refractivity contribution >= 4 is 34.9 Å². The normalized spacial score (nSPS) is 22.7. The number of benzene rings is 3. The van der Waals surface area contributed by atoms with Crippen molar-refractivity contribution in [2.24, 2.45) is 0 Å². The van der Waals surface area contributed by atoms with Gasteiger partial charge in [-0.05, 0) is 55.9 Å². The molecule has 5 nitrogen and oxygen atoms in total. The predicted octanol–water partition coefficient (Wildman–Crippen LogP) is 5.82. The molecule has 2 aliphatic heterocycles. The summed E-state index contributed by atoms with van der Waals surface area (Å²) in [4.78, 5) is 12.6. The molecule has 2 atom stereocenters. The molecule has 2 heterocycles. The number of rotatable bonds is 3. The zero-order chi connectivity index (χ0) is 23.9. The first-order chi connectivity index (χ1) is 16.2. The van der Waals surface area contributed by atoms with E-state index in [1.807, 2.05) is 36.4 Å². The van der Waals surface area contributed by atoms with Crippen LogP contribution in [-0.4, -0.2) is 22.3 Å². The molecule has 2 unspecified atom stereocenters. The van der Waals surface area contributed by atoms with Gasteiger partial charge in [-0.25, -0.2) is 4.79 Å². The van der Waals surface area contributed by atoms with Crippen molar-refractivity contribution < 1.29 is 14.3 Å². The number of carbonyl (C=O) groups is 1. The standard InChI is InChI=1S/C27H25ClN2O3S/c1-26(2)16-27(30-25(34)29-26)15-21(19-10-6-7-11-22(19)28)20-13-12-18(14-23(20)33-27)32-24(31)17-8-4-3-5-9-17/h3-14,21H,15-16H2,1-2H3,(H2,29,30,34). The molecule has 0 amide bonds. The van der Waals surface area contributed by atoms with Crippen molar-refractivity contribution in [1.82, 2.24) is 10.6 Å². The van der Waals surface area contributed by atoms with Gasteiger partial charge in [0.1, 0.15) is 11.5 Å². The van der Waals surface area contributed by atoms with E-state index in [4.69, 9.17) is 33.3 Å². The van der Waals surface area contributed by atoms with Gasteiger partial charge in [-0.2, -0.15) is 0 Å². The van der Waals surface area contributed by atoms with E-state index in [2.05, 4.69) is 24.5 Å². The Morgan fingerprint density at radius 3 is 2.50 bits per heavy atom. The molecule has 0 saturated carbocycles. The SMILES string of the molecule is CC1(C)CC2(CC(c3ccccc3Cl)c3ccc(OC(=O)c4ccccc4)cc3O2)NC(=S)N1. The zero-order valence-electron chi connectivity index (χ0n) is 18.9. The molecule has 0 aromatic heterocycles. The monoisotopic (exact) mass is 492 g/mol. The Morgan fingerprint density at radius 2 is 1.76 bits per heavy atom. The van der Waals surface area contributed by atoms with E-state index >= 15 is 0 Å². The van der Waals surface area contributed by atoms with Gasteiger partial charge in [0.25, 0.3) is 0 Å². The molecule has 2 N–H and O–H groups in total. The first kappa shape index (κ1) is 22.7. The smallest absolute Gasteiger partial charge is 0.343 e. The number of thiocarbonyl (C=S) groups is 1.